The molecule has 1 aromatic rings. The first-order chi connectivity index (χ1) is 10.5. The fourth-order valence-corrected chi connectivity index (χ4v) is 2.05. The minimum atomic E-state index is -4.51. The number of nitrogens with zero attached hydrogens (tertiary/aromatic N) is 2. The van der Waals surface area contributed by atoms with Crippen LogP contribution in [0.2, 0.25) is 0 Å². The van der Waals surface area contributed by atoms with Crippen molar-refractivity contribution < 1.29 is 26.3 Å². The Bertz CT molecular complexity index is 587. The first-order valence-corrected chi connectivity index (χ1v) is 6.57. The van der Waals surface area contributed by atoms with Crippen LogP contribution in [-0.2, 0) is 12.6 Å². The monoisotopic (exact) mass is 334 g/mol. The molecule has 0 aliphatic rings. The van der Waals surface area contributed by atoms with Crippen molar-refractivity contribution in [3.8, 4) is 12.1 Å². The van der Waals surface area contributed by atoms with Crippen LogP contribution in [0.15, 0.2) is 24.3 Å². The average Bonchev–Trinajstić information content (AvgIpc) is 2.44. The first-order valence-electron chi connectivity index (χ1n) is 6.57. The number of hydrogen-bond acceptors (Lipinski definition) is 2. The summed E-state index contributed by atoms with van der Waals surface area (Å²) in [6.45, 7) is 0. The van der Waals surface area contributed by atoms with Crippen LogP contribution >= 0.6 is 0 Å². The third-order valence-corrected chi connectivity index (χ3v) is 3.28. The van der Waals surface area contributed by atoms with Crippen molar-refractivity contribution in [3.05, 3.63) is 35.4 Å². The highest BCUT2D eigenvalue weighted by Gasteiger charge is 2.34. The molecule has 23 heavy (non-hydrogen) atoms. The van der Waals surface area contributed by atoms with Gasteiger partial charge in [0.15, 0.2) is 0 Å². The third kappa shape index (κ3) is 5.82. The van der Waals surface area contributed by atoms with E-state index in [9.17, 15) is 26.3 Å². The molecule has 0 aromatic heterocycles. The number of alkyl halides is 6. The summed E-state index contributed by atoms with van der Waals surface area (Å²) >= 11 is 0. The van der Waals surface area contributed by atoms with E-state index in [1.165, 1.54) is 0 Å². The fraction of sp³-hybridized carbons (Fsp3) is 0.467. The minimum absolute atomic E-state index is 0.226. The number of nitriles is 2. The highest BCUT2D eigenvalue weighted by molar-refractivity contribution is 5.28. The Morgan fingerprint density at radius 2 is 1.35 bits per heavy atom. The zero-order chi connectivity index (χ0) is 17.7. The predicted octanol–water partition coefficient (Wildman–Crippen LogP) is 5.01. The molecule has 0 aliphatic heterocycles. The number of hydrogen-bond donors (Lipinski definition) is 0. The van der Waals surface area contributed by atoms with Crippen molar-refractivity contribution in [3.63, 3.8) is 0 Å². The van der Waals surface area contributed by atoms with Crippen LogP contribution in [0.25, 0.3) is 0 Å². The molecule has 0 unspecified atom stereocenters. The van der Waals surface area contributed by atoms with Crippen molar-refractivity contribution in [2.45, 2.75) is 38.0 Å². The Morgan fingerprint density at radius 1 is 0.826 bits per heavy atom. The quantitative estimate of drug-likeness (QED) is 0.710. The zero-order valence-electron chi connectivity index (χ0n) is 11.8. The van der Waals surface area contributed by atoms with E-state index in [4.69, 9.17) is 10.5 Å². The van der Waals surface area contributed by atoms with Crippen LogP contribution in [0, 0.1) is 28.1 Å². The standard InChI is InChI=1S/C15H12F6N2/c16-14(17,18)7-1-6-13(9-22,10-23)8-11-2-4-12(5-3-11)15(19,20)21/h2-5H,1,6-8H2. The van der Waals surface area contributed by atoms with Crippen LogP contribution in [0.5, 0.6) is 0 Å². The van der Waals surface area contributed by atoms with E-state index in [1.807, 2.05) is 0 Å². The maximum Gasteiger partial charge on any atom is 0.416 e. The number of halogens is 6. The molecule has 0 bridgehead atoms. The SMILES string of the molecule is N#CC(C#N)(CCCC(F)(F)F)Cc1ccc(C(F)(F)F)cc1. The van der Waals surface area contributed by atoms with Gasteiger partial charge in [-0.05, 0) is 30.5 Å². The van der Waals surface area contributed by atoms with E-state index in [0.717, 1.165) is 24.3 Å². The summed E-state index contributed by atoms with van der Waals surface area (Å²) in [4.78, 5) is 0. The van der Waals surface area contributed by atoms with Crippen LogP contribution in [-0.4, -0.2) is 6.18 Å². The number of benzene rings is 1. The van der Waals surface area contributed by atoms with Crippen LogP contribution in [0.1, 0.15) is 30.4 Å². The van der Waals surface area contributed by atoms with E-state index in [2.05, 4.69) is 0 Å². The van der Waals surface area contributed by atoms with Gasteiger partial charge in [-0.1, -0.05) is 12.1 Å². The van der Waals surface area contributed by atoms with Crippen molar-refractivity contribution in [1.29, 1.82) is 10.5 Å². The van der Waals surface area contributed by atoms with E-state index in [0.29, 0.717) is 0 Å². The lowest BCUT2D eigenvalue weighted by Gasteiger charge is -2.19. The molecule has 0 saturated carbocycles. The molecule has 0 radical (unpaired) electrons. The predicted molar refractivity (Wildman–Crippen MR) is 68.7 cm³/mol. The maximum absolute atomic E-state index is 12.5. The molecule has 1 rings (SSSR count). The lowest BCUT2D eigenvalue weighted by atomic mass is 9.80. The summed E-state index contributed by atoms with van der Waals surface area (Å²) < 4.78 is 73.8. The summed E-state index contributed by atoms with van der Waals surface area (Å²) in [7, 11) is 0. The molecule has 8 heteroatoms. The summed E-state index contributed by atoms with van der Waals surface area (Å²) in [5, 5.41) is 18.2. The van der Waals surface area contributed by atoms with Gasteiger partial charge in [0.05, 0.1) is 17.7 Å². The van der Waals surface area contributed by atoms with Crippen LogP contribution in [0.3, 0.4) is 0 Å². The molecular formula is C15H12F6N2. The second kappa shape index (κ2) is 6.91. The van der Waals surface area contributed by atoms with Crippen molar-refractivity contribution in [2.75, 3.05) is 0 Å². The maximum atomic E-state index is 12.5. The smallest absolute Gasteiger partial charge is 0.197 e. The Labute approximate surface area is 128 Å². The lowest BCUT2D eigenvalue weighted by molar-refractivity contribution is -0.137. The van der Waals surface area contributed by atoms with Gasteiger partial charge in [0.25, 0.3) is 0 Å². The molecule has 1 aromatic carbocycles. The van der Waals surface area contributed by atoms with Gasteiger partial charge in [0, 0.05) is 12.8 Å². The van der Waals surface area contributed by atoms with Crippen molar-refractivity contribution in [2.24, 2.45) is 5.41 Å². The number of rotatable bonds is 5. The summed E-state index contributed by atoms with van der Waals surface area (Å²) in [5.74, 6) is 0. The van der Waals surface area contributed by atoms with Gasteiger partial charge in [0.2, 0.25) is 0 Å². The van der Waals surface area contributed by atoms with E-state index in [-0.39, 0.29) is 18.4 Å². The normalized spacial score (nSPS) is 12.5. The second-order valence-electron chi connectivity index (χ2n) is 5.15. The zero-order valence-corrected chi connectivity index (χ0v) is 11.8. The largest absolute Gasteiger partial charge is 0.416 e. The molecule has 0 amide bonds. The average molecular weight is 334 g/mol. The summed E-state index contributed by atoms with van der Waals surface area (Å²) in [5.41, 5.74) is -2.28. The van der Waals surface area contributed by atoms with Crippen molar-refractivity contribution in [1.82, 2.24) is 0 Å². The highest BCUT2D eigenvalue weighted by atomic mass is 19.4. The summed E-state index contributed by atoms with van der Waals surface area (Å²) in [6, 6.07) is 7.25. The lowest BCUT2D eigenvalue weighted by Crippen LogP contribution is -2.21. The van der Waals surface area contributed by atoms with Crippen molar-refractivity contribution >= 4 is 0 Å². The van der Waals surface area contributed by atoms with Gasteiger partial charge >= 0.3 is 12.4 Å². The summed E-state index contributed by atoms with van der Waals surface area (Å²) in [6.07, 6.45) is -10.9. The molecule has 0 N–H and O–H groups in total. The van der Waals surface area contributed by atoms with Gasteiger partial charge in [0.1, 0.15) is 5.41 Å². The Balaban J connectivity index is 2.84. The van der Waals surface area contributed by atoms with E-state index >= 15 is 0 Å². The van der Waals surface area contributed by atoms with Crippen LogP contribution in [0.4, 0.5) is 26.3 Å². The molecule has 0 fully saturated rings. The first kappa shape index (κ1) is 18.8. The Hall–Kier alpha value is -2.22. The Kier molecular flexibility index (Phi) is 5.65. The Morgan fingerprint density at radius 3 is 1.74 bits per heavy atom. The van der Waals surface area contributed by atoms with Gasteiger partial charge in [-0.3, -0.25) is 0 Å². The van der Waals surface area contributed by atoms with E-state index < -0.39 is 36.2 Å². The molecular weight excluding hydrogens is 322 g/mol. The third-order valence-electron chi connectivity index (χ3n) is 3.28. The molecule has 0 heterocycles. The van der Waals surface area contributed by atoms with Gasteiger partial charge in [-0.25, -0.2) is 0 Å². The molecule has 124 valence electrons. The topological polar surface area (TPSA) is 47.6 Å². The minimum Gasteiger partial charge on any atom is -0.197 e. The van der Waals surface area contributed by atoms with Gasteiger partial charge in [-0.2, -0.15) is 36.9 Å². The molecule has 0 atom stereocenters. The van der Waals surface area contributed by atoms with E-state index in [1.54, 1.807) is 12.1 Å². The molecule has 0 saturated heterocycles. The highest BCUT2D eigenvalue weighted by Crippen LogP contribution is 2.33. The molecule has 0 aliphatic carbocycles. The van der Waals surface area contributed by atoms with Gasteiger partial charge < -0.3 is 0 Å². The van der Waals surface area contributed by atoms with Gasteiger partial charge in [-0.15, -0.1) is 0 Å². The second-order valence-corrected chi connectivity index (χ2v) is 5.15. The molecule has 0 spiro atoms. The molecule has 2 nitrogen and oxygen atoms in total. The van der Waals surface area contributed by atoms with Crippen LogP contribution < -0.4 is 0 Å². The fourth-order valence-electron chi connectivity index (χ4n) is 2.05.